The molecule has 0 aliphatic carbocycles. The molecule has 0 aromatic heterocycles. The normalized spacial score (nSPS) is 12.3. The summed E-state index contributed by atoms with van der Waals surface area (Å²) in [4.78, 5) is 0. The van der Waals surface area contributed by atoms with E-state index in [0.717, 1.165) is 50.1 Å². The van der Waals surface area contributed by atoms with Crippen LogP contribution in [0.4, 0.5) is 0 Å². The highest BCUT2D eigenvalue weighted by Crippen LogP contribution is 2.38. The summed E-state index contributed by atoms with van der Waals surface area (Å²) in [7, 11) is 0. The van der Waals surface area contributed by atoms with Crippen molar-refractivity contribution in [2.24, 2.45) is 0 Å². The molecule has 3 N–H and O–H groups in total. The maximum atomic E-state index is 11.4. The summed E-state index contributed by atoms with van der Waals surface area (Å²) in [5, 5.41) is 32.9. The van der Waals surface area contributed by atoms with Crippen LogP contribution in [0.2, 0.25) is 0 Å². The molecule has 0 atom stereocenters. The molecule has 34 heavy (non-hydrogen) atoms. The van der Waals surface area contributed by atoms with Gasteiger partial charge in [0.1, 0.15) is 17.2 Å². The Kier molecular flexibility index (Phi) is 6.81. The van der Waals surface area contributed by atoms with Gasteiger partial charge in [-0.05, 0) is 76.1 Å². The van der Waals surface area contributed by atoms with Crippen LogP contribution < -0.4 is 0 Å². The van der Waals surface area contributed by atoms with Gasteiger partial charge < -0.3 is 15.3 Å². The average molecular weight is 461 g/mol. The van der Waals surface area contributed by atoms with Gasteiger partial charge in [-0.2, -0.15) is 0 Å². The Labute approximate surface area is 205 Å². The van der Waals surface area contributed by atoms with Gasteiger partial charge in [0.2, 0.25) is 0 Å². The zero-order valence-corrected chi connectivity index (χ0v) is 22.2. The Hall–Kier alpha value is -2.94. The fraction of sp³-hybridized carbons (Fsp3) is 0.419. The molecule has 3 aromatic carbocycles. The van der Waals surface area contributed by atoms with Crippen LogP contribution >= 0.6 is 0 Å². The molecular weight excluding hydrogens is 420 g/mol. The van der Waals surface area contributed by atoms with Gasteiger partial charge in [-0.1, -0.05) is 83.5 Å². The summed E-state index contributed by atoms with van der Waals surface area (Å²) in [5.74, 6) is 0.783. The van der Waals surface area contributed by atoms with Crippen molar-refractivity contribution < 1.29 is 15.3 Å². The first-order chi connectivity index (χ1) is 15.6. The standard InChI is InChI=1S/C31H40O3/c1-18-10-19(2)27(32)21(11-18)13-23-16-26(31(7,8)9)17-24(29(23)34)14-22-15-25(30(4,5)6)12-20(3)28(22)33/h10-12,15-17,32-34H,13-14H2,1-9H3. The van der Waals surface area contributed by atoms with E-state index in [1.54, 1.807) is 0 Å². The van der Waals surface area contributed by atoms with E-state index >= 15 is 0 Å². The molecule has 3 heteroatoms. The molecule has 0 radical (unpaired) electrons. The molecule has 0 amide bonds. The lowest BCUT2D eigenvalue weighted by Crippen LogP contribution is -2.13. The number of hydrogen-bond acceptors (Lipinski definition) is 3. The smallest absolute Gasteiger partial charge is 0.122 e. The highest BCUT2D eigenvalue weighted by molar-refractivity contribution is 5.54. The Morgan fingerprint density at radius 1 is 0.500 bits per heavy atom. The largest absolute Gasteiger partial charge is 0.507 e. The van der Waals surface area contributed by atoms with Crippen molar-refractivity contribution in [3.05, 3.63) is 86.5 Å². The van der Waals surface area contributed by atoms with Crippen LogP contribution in [0, 0.1) is 20.8 Å². The van der Waals surface area contributed by atoms with Crippen molar-refractivity contribution in [3.8, 4) is 17.2 Å². The molecule has 182 valence electrons. The molecule has 0 spiro atoms. The second kappa shape index (κ2) is 9.02. The Bertz CT molecular complexity index is 1220. The van der Waals surface area contributed by atoms with E-state index in [2.05, 4.69) is 53.7 Å². The third kappa shape index (κ3) is 5.41. The molecule has 3 nitrogen and oxygen atoms in total. The Morgan fingerprint density at radius 2 is 0.853 bits per heavy atom. The van der Waals surface area contributed by atoms with Gasteiger partial charge in [0.15, 0.2) is 0 Å². The first kappa shape index (κ1) is 25.7. The van der Waals surface area contributed by atoms with Crippen LogP contribution in [-0.4, -0.2) is 15.3 Å². The molecular formula is C31H40O3. The SMILES string of the molecule is Cc1cc(C)c(O)c(Cc2cc(C(C)(C)C)cc(Cc3cc(C(C)(C)C)cc(C)c3O)c2O)c1. The van der Waals surface area contributed by atoms with Gasteiger partial charge in [0.25, 0.3) is 0 Å². The van der Waals surface area contributed by atoms with E-state index < -0.39 is 0 Å². The molecule has 0 fully saturated rings. The lowest BCUT2D eigenvalue weighted by Gasteiger charge is -2.24. The van der Waals surface area contributed by atoms with Gasteiger partial charge in [-0.3, -0.25) is 0 Å². The monoisotopic (exact) mass is 460 g/mol. The molecule has 0 saturated heterocycles. The van der Waals surface area contributed by atoms with E-state index in [9.17, 15) is 15.3 Å². The van der Waals surface area contributed by atoms with Crippen molar-refractivity contribution in [2.45, 2.75) is 86.0 Å². The van der Waals surface area contributed by atoms with Crippen LogP contribution in [-0.2, 0) is 23.7 Å². The maximum absolute atomic E-state index is 11.4. The summed E-state index contributed by atoms with van der Waals surface area (Å²) in [6.45, 7) is 18.8. The van der Waals surface area contributed by atoms with Crippen LogP contribution in [0.1, 0.15) is 91.6 Å². The summed E-state index contributed by atoms with van der Waals surface area (Å²) in [6, 6.07) is 12.1. The van der Waals surface area contributed by atoms with E-state index in [-0.39, 0.29) is 28.1 Å². The summed E-state index contributed by atoms with van der Waals surface area (Å²) in [5.41, 5.74) is 8.04. The third-order valence-electron chi connectivity index (χ3n) is 6.66. The molecule has 0 heterocycles. The van der Waals surface area contributed by atoms with Crippen molar-refractivity contribution in [1.29, 1.82) is 0 Å². The molecule has 0 unspecified atom stereocenters. The molecule has 3 aromatic rings. The quantitative estimate of drug-likeness (QED) is 0.378. The number of benzene rings is 3. The van der Waals surface area contributed by atoms with Gasteiger partial charge in [-0.25, -0.2) is 0 Å². The van der Waals surface area contributed by atoms with Crippen LogP contribution in [0.25, 0.3) is 0 Å². The van der Waals surface area contributed by atoms with Crippen molar-refractivity contribution in [3.63, 3.8) is 0 Å². The second-order valence-corrected chi connectivity index (χ2v) is 11.9. The molecule has 3 rings (SSSR count). The lowest BCUT2D eigenvalue weighted by molar-refractivity contribution is 0.453. The van der Waals surface area contributed by atoms with Gasteiger partial charge >= 0.3 is 0 Å². The first-order valence-electron chi connectivity index (χ1n) is 12.0. The minimum Gasteiger partial charge on any atom is -0.507 e. The fourth-order valence-corrected chi connectivity index (χ4v) is 4.48. The van der Waals surface area contributed by atoms with E-state index in [4.69, 9.17) is 0 Å². The van der Waals surface area contributed by atoms with Gasteiger partial charge in [0, 0.05) is 12.8 Å². The minimum absolute atomic E-state index is 0.0474. The zero-order chi connectivity index (χ0) is 25.6. The number of phenolic OH excluding ortho intramolecular Hbond substituents is 3. The minimum atomic E-state index is -0.118. The second-order valence-electron chi connectivity index (χ2n) is 11.9. The van der Waals surface area contributed by atoms with E-state index in [0.29, 0.717) is 12.8 Å². The molecule has 0 bridgehead atoms. The first-order valence-corrected chi connectivity index (χ1v) is 12.0. The summed E-state index contributed by atoms with van der Waals surface area (Å²) >= 11 is 0. The van der Waals surface area contributed by atoms with Gasteiger partial charge in [-0.15, -0.1) is 0 Å². The highest BCUT2D eigenvalue weighted by atomic mass is 16.3. The lowest BCUT2D eigenvalue weighted by atomic mass is 9.81. The number of rotatable bonds is 4. The average Bonchev–Trinajstić information content (AvgIpc) is 2.70. The fourth-order valence-electron chi connectivity index (χ4n) is 4.48. The Morgan fingerprint density at radius 3 is 1.29 bits per heavy atom. The van der Waals surface area contributed by atoms with Crippen LogP contribution in [0.5, 0.6) is 17.2 Å². The Balaban J connectivity index is 2.15. The predicted molar refractivity (Wildman–Crippen MR) is 142 cm³/mol. The highest BCUT2D eigenvalue weighted by Gasteiger charge is 2.22. The number of hydrogen-bond donors (Lipinski definition) is 3. The summed E-state index contributed by atoms with van der Waals surface area (Å²) in [6.07, 6.45) is 0.863. The number of aryl methyl sites for hydroxylation is 3. The molecule has 0 aliphatic rings. The van der Waals surface area contributed by atoms with E-state index in [1.165, 1.54) is 0 Å². The maximum Gasteiger partial charge on any atom is 0.122 e. The zero-order valence-electron chi connectivity index (χ0n) is 22.2. The topological polar surface area (TPSA) is 60.7 Å². The van der Waals surface area contributed by atoms with Crippen LogP contribution in [0.15, 0.2) is 36.4 Å². The molecule has 0 aliphatic heterocycles. The molecule has 0 saturated carbocycles. The number of aromatic hydroxyl groups is 3. The van der Waals surface area contributed by atoms with Gasteiger partial charge in [0.05, 0.1) is 0 Å². The van der Waals surface area contributed by atoms with Crippen LogP contribution in [0.3, 0.4) is 0 Å². The number of phenols is 3. The van der Waals surface area contributed by atoms with Crippen molar-refractivity contribution in [2.75, 3.05) is 0 Å². The van der Waals surface area contributed by atoms with E-state index in [1.807, 2.05) is 45.0 Å². The summed E-state index contributed by atoms with van der Waals surface area (Å²) < 4.78 is 0. The van der Waals surface area contributed by atoms with Crippen molar-refractivity contribution in [1.82, 2.24) is 0 Å². The predicted octanol–water partition coefficient (Wildman–Crippen LogP) is 7.51. The van der Waals surface area contributed by atoms with Crippen molar-refractivity contribution >= 4 is 0 Å². The third-order valence-corrected chi connectivity index (χ3v) is 6.66.